The lowest BCUT2D eigenvalue weighted by atomic mass is 10.2. The number of nitrogens with zero attached hydrogens (tertiary/aromatic N) is 1. The summed E-state index contributed by atoms with van der Waals surface area (Å²) in [6.07, 6.45) is 0. The van der Waals surface area contributed by atoms with E-state index in [2.05, 4.69) is 32.7 Å². The van der Waals surface area contributed by atoms with Gasteiger partial charge in [0, 0.05) is 22.4 Å². The number of carbonyl (C=O) groups excluding carboxylic acids is 1. The van der Waals surface area contributed by atoms with Gasteiger partial charge in [-0.05, 0) is 35.0 Å². The van der Waals surface area contributed by atoms with Crippen LogP contribution in [0.1, 0.15) is 23.5 Å². The molecule has 16 heavy (non-hydrogen) atoms. The van der Waals surface area contributed by atoms with Crippen LogP contribution in [0, 0.1) is 0 Å². The highest BCUT2D eigenvalue weighted by Gasteiger charge is 2.24. The Morgan fingerprint density at radius 1 is 1.50 bits per heavy atom. The number of rotatable bonds is 0. The van der Waals surface area contributed by atoms with Gasteiger partial charge < -0.3 is 9.88 Å². The number of hydrogen-bond acceptors (Lipinski definition) is 1. The topological polar surface area (TPSA) is 34.0 Å². The minimum atomic E-state index is 0.0150. The van der Waals surface area contributed by atoms with Crippen LogP contribution in [0.15, 0.2) is 28.7 Å². The fourth-order valence-corrected chi connectivity index (χ4v) is 2.87. The van der Waals surface area contributed by atoms with Gasteiger partial charge in [0.2, 0.25) is 0 Å². The van der Waals surface area contributed by atoms with Crippen molar-refractivity contribution in [2.24, 2.45) is 0 Å². The van der Waals surface area contributed by atoms with Crippen molar-refractivity contribution >= 4 is 32.7 Å². The van der Waals surface area contributed by atoms with E-state index in [1.54, 1.807) is 0 Å². The molecular formula is C12H11BrN2O. The normalized spacial score (nSPS) is 19.6. The summed E-state index contributed by atoms with van der Waals surface area (Å²) in [7, 11) is 0. The predicted molar refractivity (Wildman–Crippen MR) is 66.7 cm³/mol. The molecule has 0 saturated carbocycles. The van der Waals surface area contributed by atoms with E-state index in [-0.39, 0.29) is 5.91 Å². The number of benzene rings is 1. The van der Waals surface area contributed by atoms with E-state index >= 15 is 0 Å². The number of nitrogens with one attached hydrogen (secondary N) is 1. The molecule has 1 aromatic heterocycles. The maximum atomic E-state index is 11.8. The molecule has 0 radical (unpaired) electrons. The Morgan fingerprint density at radius 3 is 3.12 bits per heavy atom. The Balaban J connectivity index is 2.43. The third-order valence-corrected chi connectivity index (χ3v) is 3.68. The highest BCUT2D eigenvalue weighted by atomic mass is 79.9. The SMILES string of the molecule is CC1CNC(=O)c2cc3cccc(Br)c3n21. The molecule has 2 heterocycles. The Kier molecular flexibility index (Phi) is 2.07. The fraction of sp³-hybridized carbons (Fsp3) is 0.250. The lowest BCUT2D eigenvalue weighted by molar-refractivity contribution is 0.0919. The molecule has 3 nitrogen and oxygen atoms in total. The highest BCUT2D eigenvalue weighted by molar-refractivity contribution is 9.10. The molecule has 1 aliphatic rings. The van der Waals surface area contributed by atoms with Crippen LogP contribution in [-0.2, 0) is 0 Å². The average molecular weight is 279 g/mol. The van der Waals surface area contributed by atoms with Crippen LogP contribution in [0.5, 0.6) is 0 Å². The zero-order valence-corrected chi connectivity index (χ0v) is 10.4. The molecule has 1 N–H and O–H groups in total. The quantitative estimate of drug-likeness (QED) is 0.790. The molecule has 3 rings (SSSR count). The minimum absolute atomic E-state index is 0.0150. The first-order valence-corrected chi connectivity index (χ1v) is 6.05. The number of hydrogen-bond donors (Lipinski definition) is 1. The molecular weight excluding hydrogens is 268 g/mol. The smallest absolute Gasteiger partial charge is 0.268 e. The number of carbonyl (C=O) groups is 1. The molecule has 1 atom stereocenters. The van der Waals surface area contributed by atoms with Gasteiger partial charge in [0.05, 0.1) is 5.52 Å². The second-order valence-electron chi connectivity index (χ2n) is 4.14. The fourth-order valence-electron chi connectivity index (χ4n) is 2.29. The van der Waals surface area contributed by atoms with Crippen LogP contribution >= 0.6 is 15.9 Å². The molecule has 1 aliphatic heterocycles. The van der Waals surface area contributed by atoms with Crippen molar-refractivity contribution in [1.82, 2.24) is 9.88 Å². The maximum Gasteiger partial charge on any atom is 0.268 e. The summed E-state index contributed by atoms with van der Waals surface area (Å²) in [5.74, 6) is 0.0150. The first-order chi connectivity index (χ1) is 7.68. The van der Waals surface area contributed by atoms with Gasteiger partial charge in [0.1, 0.15) is 5.69 Å². The molecule has 0 spiro atoms. The van der Waals surface area contributed by atoms with Crippen LogP contribution in [0.2, 0.25) is 0 Å². The minimum Gasteiger partial charge on any atom is -0.349 e. The van der Waals surface area contributed by atoms with Gasteiger partial charge in [0.15, 0.2) is 0 Å². The van der Waals surface area contributed by atoms with Crippen LogP contribution in [0.4, 0.5) is 0 Å². The average Bonchev–Trinajstić information content (AvgIpc) is 2.65. The van der Waals surface area contributed by atoms with Crippen molar-refractivity contribution in [2.45, 2.75) is 13.0 Å². The van der Waals surface area contributed by atoms with Crippen molar-refractivity contribution in [3.05, 3.63) is 34.4 Å². The Bertz CT molecular complexity index is 588. The molecule has 2 aromatic rings. The van der Waals surface area contributed by atoms with Gasteiger partial charge in [0.25, 0.3) is 5.91 Å². The van der Waals surface area contributed by atoms with Crippen molar-refractivity contribution in [3.63, 3.8) is 0 Å². The Labute approximate surface area is 102 Å². The molecule has 0 fully saturated rings. The number of halogens is 1. The van der Waals surface area contributed by atoms with Crippen LogP contribution in [0.3, 0.4) is 0 Å². The second-order valence-corrected chi connectivity index (χ2v) is 4.99. The largest absolute Gasteiger partial charge is 0.349 e. The number of aromatic nitrogens is 1. The third-order valence-electron chi connectivity index (χ3n) is 3.04. The van der Waals surface area contributed by atoms with Gasteiger partial charge >= 0.3 is 0 Å². The summed E-state index contributed by atoms with van der Waals surface area (Å²) in [6, 6.07) is 8.27. The molecule has 0 saturated heterocycles. The maximum absolute atomic E-state index is 11.8. The van der Waals surface area contributed by atoms with Crippen LogP contribution < -0.4 is 5.32 Å². The van der Waals surface area contributed by atoms with Gasteiger partial charge in [-0.2, -0.15) is 0 Å². The first kappa shape index (κ1) is 9.90. The zero-order valence-electron chi connectivity index (χ0n) is 8.83. The van der Waals surface area contributed by atoms with E-state index in [1.807, 2.05) is 24.3 Å². The van der Waals surface area contributed by atoms with Crippen molar-refractivity contribution in [2.75, 3.05) is 6.54 Å². The molecule has 1 unspecified atom stereocenters. The van der Waals surface area contributed by atoms with Gasteiger partial charge in [-0.3, -0.25) is 4.79 Å². The molecule has 82 valence electrons. The lowest BCUT2D eigenvalue weighted by Crippen LogP contribution is -2.37. The number of amides is 1. The number of para-hydroxylation sites is 1. The van der Waals surface area contributed by atoms with E-state index < -0.39 is 0 Å². The van der Waals surface area contributed by atoms with E-state index in [9.17, 15) is 4.79 Å². The van der Waals surface area contributed by atoms with E-state index in [4.69, 9.17) is 0 Å². The van der Waals surface area contributed by atoms with Crippen LogP contribution in [0.25, 0.3) is 10.9 Å². The van der Waals surface area contributed by atoms with E-state index in [0.29, 0.717) is 12.6 Å². The summed E-state index contributed by atoms with van der Waals surface area (Å²) in [5.41, 5.74) is 1.86. The van der Waals surface area contributed by atoms with E-state index in [0.717, 1.165) is 21.1 Å². The molecule has 0 bridgehead atoms. The summed E-state index contributed by atoms with van der Waals surface area (Å²) < 4.78 is 3.15. The molecule has 0 aliphatic carbocycles. The van der Waals surface area contributed by atoms with Crippen molar-refractivity contribution in [3.8, 4) is 0 Å². The Hall–Kier alpha value is -1.29. The second kappa shape index (κ2) is 3.35. The molecule has 1 amide bonds. The van der Waals surface area contributed by atoms with Crippen molar-refractivity contribution < 1.29 is 4.79 Å². The lowest BCUT2D eigenvalue weighted by Gasteiger charge is -2.24. The molecule has 4 heteroatoms. The van der Waals surface area contributed by atoms with Gasteiger partial charge in [-0.1, -0.05) is 12.1 Å². The van der Waals surface area contributed by atoms with Crippen LogP contribution in [-0.4, -0.2) is 17.0 Å². The van der Waals surface area contributed by atoms with Crippen molar-refractivity contribution in [1.29, 1.82) is 0 Å². The first-order valence-electron chi connectivity index (χ1n) is 5.26. The Morgan fingerprint density at radius 2 is 2.31 bits per heavy atom. The monoisotopic (exact) mass is 278 g/mol. The zero-order chi connectivity index (χ0) is 11.3. The summed E-state index contributed by atoms with van der Waals surface area (Å²) in [4.78, 5) is 11.8. The van der Waals surface area contributed by atoms with E-state index in [1.165, 1.54) is 0 Å². The summed E-state index contributed by atoms with van der Waals surface area (Å²) >= 11 is 3.55. The van der Waals surface area contributed by atoms with Gasteiger partial charge in [-0.25, -0.2) is 0 Å². The van der Waals surface area contributed by atoms with Gasteiger partial charge in [-0.15, -0.1) is 0 Å². The summed E-state index contributed by atoms with van der Waals surface area (Å²) in [5, 5.41) is 4.00. The predicted octanol–water partition coefficient (Wildman–Crippen LogP) is 2.71. The highest BCUT2D eigenvalue weighted by Crippen LogP contribution is 2.31. The third kappa shape index (κ3) is 1.23. The number of fused-ring (bicyclic) bond motifs is 3. The summed E-state index contributed by atoms with van der Waals surface area (Å²) in [6.45, 7) is 2.80. The standard InChI is InChI=1S/C12H11BrN2O/c1-7-6-14-12(16)10-5-8-3-2-4-9(13)11(8)15(7)10/h2-5,7H,6H2,1H3,(H,14,16). The molecule has 1 aromatic carbocycles.